The van der Waals surface area contributed by atoms with Crippen LogP contribution in [0.2, 0.25) is 0 Å². The van der Waals surface area contributed by atoms with Crippen LogP contribution in [-0.2, 0) is 0 Å². The standard InChI is InChI=1S/C17H13N3O/c1-20(16-5-3-2-4-15(16)11-19)12-17(21)14-8-6-13(10-18)7-9-14/h2-9H,12H2,1H3. The summed E-state index contributed by atoms with van der Waals surface area (Å²) in [5.74, 6) is -0.0604. The van der Waals surface area contributed by atoms with Crippen molar-refractivity contribution >= 4 is 11.5 Å². The van der Waals surface area contributed by atoms with Crippen molar-refractivity contribution in [1.29, 1.82) is 10.5 Å². The van der Waals surface area contributed by atoms with E-state index in [0.717, 1.165) is 5.69 Å². The topological polar surface area (TPSA) is 67.9 Å². The first kappa shape index (κ1) is 14.3. The van der Waals surface area contributed by atoms with Gasteiger partial charge in [-0.15, -0.1) is 0 Å². The van der Waals surface area contributed by atoms with Gasteiger partial charge < -0.3 is 4.90 Å². The number of Topliss-reactive ketones (excluding diaryl/α,β-unsaturated/α-hetero) is 1. The summed E-state index contributed by atoms with van der Waals surface area (Å²) in [5.41, 5.74) is 2.33. The Labute approximate surface area is 123 Å². The van der Waals surface area contributed by atoms with Crippen LogP contribution in [0.25, 0.3) is 0 Å². The molecular formula is C17H13N3O. The van der Waals surface area contributed by atoms with Gasteiger partial charge in [-0.05, 0) is 24.3 Å². The van der Waals surface area contributed by atoms with Crippen molar-refractivity contribution in [2.24, 2.45) is 0 Å². The van der Waals surface area contributed by atoms with Gasteiger partial charge in [0.05, 0.1) is 29.4 Å². The largest absolute Gasteiger partial charge is 0.366 e. The molecule has 21 heavy (non-hydrogen) atoms. The molecule has 0 bridgehead atoms. The van der Waals surface area contributed by atoms with Crippen molar-refractivity contribution < 1.29 is 4.79 Å². The molecule has 0 saturated heterocycles. The van der Waals surface area contributed by atoms with Crippen LogP contribution in [0, 0.1) is 22.7 Å². The average molecular weight is 275 g/mol. The molecule has 0 fully saturated rings. The zero-order chi connectivity index (χ0) is 15.2. The third-order valence-corrected chi connectivity index (χ3v) is 3.15. The summed E-state index contributed by atoms with van der Waals surface area (Å²) in [7, 11) is 1.78. The molecule has 0 aliphatic rings. The Hall–Kier alpha value is -3.11. The van der Waals surface area contributed by atoms with Crippen molar-refractivity contribution in [2.45, 2.75) is 0 Å². The normalized spacial score (nSPS) is 9.48. The summed E-state index contributed by atoms with van der Waals surface area (Å²) >= 11 is 0. The van der Waals surface area contributed by atoms with Crippen LogP contribution < -0.4 is 4.90 Å². The number of anilines is 1. The number of hydrogen-bond donors (Lipinski definition) is 0. The molecule has 4 nitrogen and oxygen atoms in total. The first-order valence-corrected chi connectivity index (χ1v) is 6.39. The van der Waals surface area contributed by atoms with E-state index in [4.69, 9.17) is 10.5 Å². The van der Waals surface area contributed by atoms with E-state index in [1.807, 2.05) is 18.2 Å². The number of carbonyl (C=O) groups is 1. The average Bonchev–Trinajstić information content (AvgIpc) is 2.54. The van der Waals surface area contributed by atoms with Gasteiger partial charge >= 0.3 is 0 Å². The minimum atomic E-state index is -0.0604. The third-order valence-electron chi connectivity index (χ3n) is 3.15. The number of ketones is 1. The van der Waals surface area contributed by atoms with E-state index < -0.39 is 0 Å². The Bertz CT molecular complexity index is 736. The van der Waals surface area contributed by atoms with Gasteiger partial charge in [-0.1, -0.05) is 24.3 Å². The molecule has 0 heterocycles. The van der Waals surface area contributed by atoms with Gasteiger partial charge in [0.15, 0.2) is 5.78 Å². The maximum absolute atomic E-state index is 12.2. The highest BCUT2D eigenvalue weighted by Crippen LogP contribution is 2.18. The van der Waals surface area contributed by atoms with Crippen molar-refractivity contribution in [3.05, 3.63) is 65.2 Å². The van der Waals surface area contributed by atoms with Crippen molar-refractivity contribution in [1.82, 2.24) is 0 Å². The van der Waals surface area contributed by atoms with E-state index in [1.165, 1.54) is 0 Å². The fourth-order valence-electron chi connectivity index (χ4n) is 2.02. The SMILES string of the molecule is CN(CC(=O)c1ccc(C#N)cc1)c1ccccc1C#N. The summed E-state index contributed by atoms with van der Waals surface area (Å²) in [6.45, 7) is 0.171. The minimum absolute atomic E-state index is 0.0604. The molecule has 4 heteroatoms. The molecule has 0 unspecified atom stereocenters. The molecule has 0 spiro atoms. The van der Waals surface area contributed by atoms with E-state index in [1.54, 1.807) is 48.3 Å². The molecule has 0 aromatic heterocycles. The van der Waals surface area contributed by atoms with E-state index in [9.17, 15) is 4.79 Å². The molecule has 0 saturated carbocycles. The van der Waals surface area contributed by atoms with Gasteiger partial charge in [0.25, 0.3) is 0 Å². The third kappa shape index (κ3) is 3.26. The number of nitriles is 2. The maximum Gasteiger partial charge on any atom is 0.182 e. The van der Waals surface area contributed by atoms with Crippen molar-refractivity contribution in [2.75, 3.05) is 18.5 Å². The van der Waals surface area contributed by atoms with Gasteiger partial charge in [0, 0.05) is 12.6 Å². The second kappa shape index (κ2) is 6.36. The predicted molar refractivity (Wildman–Crippen MR) is 79.9 cm³/mol. The smallest absolute Gasteiger partial charge is 0.182 e. The minimum Gasteiger partial charge on any atom is -0.366 e. The zero-order valence-electron chi connectivity index (χ0n) is 11.6. The van der Waals surface area contributed by atoms with Crippen LogP contribution in [0.15, 0.2) is 48.5 Å². The molecule has 0 atom stereocenters. The molecule has 2 rings (SSSR count). The fourth-order valence-corrected chi connectivity index (χ4v) is 2.02. The lowest BCUT2D eigenvalue weighted by Crippen LogP contribution is -2.26. The highest BCUT2D eigenvalue weighted by molar-refractivity contribution is 5.99. The zero-order valence-corrected chi connectivity index (χ0v) is 11.6. The van der Waals surface area contributed by atoms with Crippen LogP contribution in [0.1, 0.15) is 21.5 Å². The van der Waals surface area contributed by atoms with Gasteiger partial charge in [-0.2, -0.15) is 10.5 Å². The second-order valence-electron chi connectivity index (χ2n) is 4.60. The Morgan fingerprint density at radius 2 is 1.71 bits per heavy atom. The molecular weight excluding hydrogens is 262 g/mol. The number of rotatable bonds is 4. The van der Waals surface area contributed by atoms with E-state index in [-0.39, 0.29) is 12.3 Å². The highest BCUT2D eigenvalue weighted by Gasteiger charge is 2.12. The molecule has 2 aromatic carbocycles. The van der Waals surface area contributed by atoms with Crippen molar-refractivity contribution in [3.63, 3.8) is 0 Å². The lowest BCUT2D eigenvalue weighted by Gasteiger charge is -2.19. The number of nitrogens with zero attached hydrogens (tertiary/aromatic N) is 3. The number of para-hydroxylation sites is 1. The molecule has 0 radical (unpaired) electrons. The summed E-state index contributed by atoms with van der Waals surface area (Å²) in [6.07, 6.45) is 0. The first-order valence-electron chi connectivity index (χ1n) is 6.39. The van der Waals surface area contributed by atoms with Crippen LogP contribution in [0.4, 0.5) is 5.69 Å². The van der Waals surface area contributed by atoms with Crippen LogP contribution >= 0.6 is 0 Å². The van der Waals surface area contributed by atoms with Crippen LogP contribution in [0.5, 0.6) is 0 Å². The number of benzene rings is 2. The monoisotopic (exact) mass is 275 g/mol. The molecule has 0 amide bonds. The summed E-state index contributed by atoms with van der Waals surface area (Å²) in [5, 5.41) is 17.8. The van der Waals surface area contributed by atoms with Crippen molar-refractivity contribution in [3.8, 4) is 12.1 Å². The van der Waals surface area contributed by atoms with Crippen LogP contribution in [-0.4, -0.2) is 19.4 Å². The van der Waals surface area contributed by atoms with Gasteiger partial charge in [-0.3, -0.25) is 4.79 Å². The fraction of sp³-hybridized carbons (Fsp3) is 0.118. The van der Waals surface area contributed by atoms with E-state index in [2.05, 4.69) is 6.07 Å². The summed E-state index contributed by atoms with van der Waals surface area (Å²) in [4.78, 5) is 14.0. The molecule has 102 valence electrons. The Balaban J connectivity index is 2.15. The Morgan fingerprint density at radius 3 is 2.33 bits per heavy atom. The number of carbonyl (C=O) groups excluding carboxylic acids is 1. The molecule has 0 aliphatic carbocycles. The lowest BCUT2D eigenvalue weighted by molar-refractivity contribution is 0.100. The number of likely N-dealkylation sites (N-methyl/N-ethyl adjacent to an activating group) is 1. The maximum atomic E-state index is 12.2. The summed E-state index contributed by atoms with van der Waals surface area (Å²) in [6, 6.07) is 17.8. The van der Waals surface area contributed by atoms with Crippen LogP contribution in [0.3, 0.4) is 0 Å². The van der Waals surface area contributed by atoms with E-state index in [0.29, 0.717) is 16.7 Å². The van der Waals surface area contributed by atoms with E-state index >= 15 is 0 Å². The van der Waals surface area contributed by atoms with Gasteiger partial charge in [0.2, 0.25) is 0 Å². The van der Waals surface area contributed by atoms with Gasteiger partial charge in [-0.25, -0.2) is 0 Å². The predicted octanol–water partition coefficient (Wildman–Crippen LogP) is 2.75. The Kier molecular flexibility index (Phi) is 4.33. The highest BCUT2D eigenvalue weighted by atomic mass is 16.1. The molecule has 2 aromatic rings. The second-order valence-corrected chi connectivity index (χ2v) is 4.60. The Morgan fingerprint density at radius 1 is 1.05 bits per heavy atom. The number of hydrogen-bond acceptors (Lipinski definition) is 4. The summed E-state index contributed by atoms with van der Waals surface area (Å²) < 4.78 is 0. The molecule has 0 N–H and O–H groups in total. The lowest BCUT2D eigenvalue weighted by atomic mass is 10.1. The first-order chi connectivity index (χ1) is 10.2. The van der Waals surface area contributed by atoms with Gasteiger partial charge in [0.1, 0.15) is 6.07 Å². The quantitative estimate of drug-likeness (QED) is 0.804. The molecule has 0 aliphatic heterocycles.